The van der Waals surface area contributed by atoms with E-state index in [0.29, 0.717) is 17.3 Å². The lowest BCUT2D eigenvalue weighted by Gasteiger charge is -2.10. The topological polar surface area (TPSA) is 41.1 Å². The van der Waals surface area contributed by atoms with Crippen LogP contribution >= 0.6 is 11.6 Å². The van der Waals surface area contributed by atoms with Crippen molar-refractivity contribution in [2.24, 2.45) is 0 Å². The summed E-state index contributed by atoms with van der Waals surface area (Å²) in [5.74, 6) is 0. The number of rotatable bonds is 3. The molecule has 0 aliphatic heterocycles. The molecule has 0 radical (unpaired) electrons. The van der Waals surface area contributed by atoms with E-state index in [1.54, 1.807) is 12.1 Å². The molecule has 0 aliphatic rings. The number of hydrogen-bond acceptors (Lipinski definition) is 1. The number of nitrogens with one attached hydrogen (secondary N) is 2. The lowest BCUT2D eigenvalue weighted by Crippen LogP contribution is -2.29. The average Bonchev–Trinajstić information content (AvgIpc) is 2.21. The van der Waals surface area contributed by atoms with Crippen LogP contribution in [-0.4, -0.2) is 12.6 Å². The van der Waals surface area contributed by atoms with Crippen LogP contribution in [0.3, 0.4) is 0 Å². The van der Waals surface area contributed by atoms with E-state index < -0.39 is 0 Å². The van der Waals surface area contributed by atoms with E-state index in [9.17, 15) is 4.79 Å². The van der Waals surface area contributed by atoms with Crippen LogP contribution < -0.4 is 10.6 Å². The zero-order chi connectivity index (χ0) is 11.3. The van der Waals surface area contributed by atoms with Gasteiger partial charge in [-0.05, 0) is 18.6 Å². The molecule has 4 heteroatoms. The van der Waals surface area contributed by atoms with Gasteiger partial charge < -0.3 is 10.6 Å². The molecule has 0 aliphatic carbocycles. The normalized spacial score (nSPS) is 9.47. The Kier molecular flexibility index (Phi) is 4.18. The van der Waals surface area contributed by atoms with Crippen LogP contribution in [0.25, 0.3) is 0 Å². The van der Waals surface area contributed by atoms with Gasteiger partial charge in [0.05, 0.1) is 10.7 Å². The maximum atomic E-state index is 11.3. The molecule has 0 atom stereocenters. The van der Waals surface area contributed by atoms with Crippen molar-refractivity contribution >= 4 is 23.3 Å². The van der Waals surface area contributed by atoms with Gasteiger partial charge in [0.25, 0.3) is 0 Å². The number of halogens is 1. The van der Waals surface area contributed by atoms with Crippen molar-refractivity contribution in [1.29, 1.82) is 0 Å². The van der Waals surface area contributed by atoms with E-state index in [-0.39, 0.29) is 6.03 Å². The third-order valence-electron chi connectivity index (χ3n) is 1.87. The molecule has 0 spiro atoms. The molecule has 1 aromatic rings. The Morgan fingerprint density at radius 1 is 1.60 bits per heavy atom. The number of anilines is 1. The van der Waals surface area contributed by atoms with Crippen LogP contribution in [-0.2, 0) is 0 Å². The monoisotopic (exact) mass is 224 g/mol. The number of para-hydroxylation sites is 1. The molecule has 2 N–H and O–H groups in total. The third-order valence-corrected chi connectivity index (χ3v) is 2.18. The van der Waals surface area contributed by atoms with E-state index in [1.807, 2.05) is 19.1 Å². The Balaban J connectivity index is 2.71. The fourth-order valence-electron chi connectivity index (χ4n) is 1.11. The number of carbonyl (C=O) groups excluding carboxylic acids is 1. The van der Waals surface area contributed by atoms with Gasteiger partial charge in [-0.2, -0.15) is 0 Å². The molecule has 3 nitrogen and oxygen atoms in total. The van der Waals surface area contributed by atoms with E-state index in [4.69, 9.17) is 11.6 Å². The first kappa shape index (κ1) is 11.6. The highest BCUT2D eigenvalue weighted by Gasteiger charge is 2.06. The molecule has 0 aromatic heterocycles. The van der Waals surface area contributed by atoms with Crippen molar-refractivity contribution in [2.45, 2.75) is 6.92 Å². The van der Waals surface area contributed by atoms with Crippen LogP contribution in [0.2, 0.25) is 5.02 Å². The molecule has 1 rings (SSSR count). The molecule has 0 fully saturated rings. The quantitative estimate of drug-likeness (QED) is 0.762. The lowest BCUT2D eigenvalue weighted by molar-refractivity contribution is 0.253. The van der Waals surface area contributed by atoms with E-state index in [1.165, 1.54) is 0 Å². The summed E-state index contributed by atoms with van der Waals surface area (Å²) in [6.45, 7) is 5.82. The van der Waals surface area contributed by atoms with Crippen LogP contribution in [0, 0.1) is 6.92 Å². The lowest BCUT2D eigenvalue weighted by atomic mass is 10.2. The minimum absolute atomic E-state index is 0.286. The molecule has 0 heterocycles. The summed E-state index contributed by atoms with van der Waals surface area (Å²) in [4.78, 5) is 11.3. The Morgan fingerprint density at radius 3 is 2.93 bits per heavy atom. The molecular weight excluding hydrogens is 212 g/mol. The van der Waals surface area contributed by atoms with Gasteiger partial charge in [-0.25, -0.2) is 4.79 Å². The molecular formula is C11H13ClN2O. The zero-order valence-corrected chi connectivity index (χ0v) is 9.27. The van der Waals surface area contributed by atoms with Gasteiger partial charge in [-0.15, -0.1) is 6.58 Å². The van der Waals surface area contributed by atoms with Crippen LogP contribution in [0.1, 0.15) is 5.56 Å². The second kappa shape index (κ2) is 5.41. The molecule has 0 saturated heterocycles. The Morgan fingerprint density at radius 2 is 2.33 bits per heavy atom. The number of aryl methyl sites for hydroxylation is 1. The van der Waals surface area contributed by atoms with Crippen molar-refractivity contribution in [3.05, 3.63) is 41.4 Å². The smallest absolute Gasteiger partial charge is 0.319 e. The first-order chi connectivity index (χ1) is 7.15. The summed E-state index contributed by atoms with van der Waals surface area (Å²) >= 11 is 5.94. The highest BCUT2D eigenvalue weighted by Crippen LogP contribution is 2.24. The van der Waals surface area contributed by atoms with Gasteiger partial charge in [-0.3, -0.25) is 0 Å². The third kappa shape index (κ3) is 3.29. The number of carbonyl (C=O) groups is 1. The Hall–Kier alpha value is -1.48. The summed E-state index contributed by atoms with van der Waals surface area (Å²) in [5, 5.41) is 5.82. The number of urea groups is 1. The van der Waals surface area contributed by atoms with Crippen molar-refractivity contribution in [3.8, 4) is 0 Å². The standard InChI is InChI=1S/C11H13ClN2O/c1-3-7-13-11(15)14-10-8(2)5-4-6-9(10)12/h3-6H,1,7H2,2H3,(H2,13,14,15). The minimum Gasteiger partial charge on any atom is -0.334 e. The molecule has 2 amide bonds. The largest absolute Gasteiger partial charge is 0.334 e. The maximum absolute atomic E-state index is 11.3. The van der Waals surface area contributed by atoms with Crippen LogP contribution in [0.5, 0.6) is 0 Å². The minimum atomic E-state index is -0.286. The first-order valence-corrected chi connectivity index (χ1v) is 4.94. The molecule has 0 unspecified atom stereocenters. The number of benzene rings is 1. The molecule has 0 bridgehead atoms. The van der Waals surface area contributed by atoms with Crippen molar-refractivity contribution in [3.63, 3.8) is 0 Å². The number of hydrogen-bond donors (Lipinski definition) is 2. The molecule has 80 valence electrons. The van der Waals surface area contributed by atoms with Crippen molar-refractivity contribution < 1.29 is 4.79 Å². The highest BCUT2D eigenvalue weighted by molar-refractivity contribution is 6.33. The SMILES string of the molecule is C=CCNC(=O)Nc1c(C)cccc1Cl. The summed E-state index contributed by atoms with van der Waals surface area (Å²) in [6.07, 6.45) is 1.61. The van der Waals surface area contributed by atoms with Crippen LogP contribution in [0.15, 0.2) is 30.9 Å². The predicted octanol–water partition coefficient (Wildman–Crippen LogP) is 2.96. The predicted molar refractivity (Wildman–Crippen MR) is 63.4 cm³/mol. The highest BCUT2D eigenvalue weighted by atomic mass is 35.5. The molecule has 15 heavy (non-hydrogen) atoms. The second-order valence-corrected chi connectivity index (χ2v) is 3.46. The fraction of sp³-hybridized carbons (Fsp3) is 0.182. The maximum Gasteiger partial charge on any atom is 0.319 e. The van der Waals surface area contributed by atoms with Gasteiger partial charge in [0.1, 0.15) is 0 Å². The Labute approximate surface area is 94.1 Å². The van der Waals surface area contributed by atoms with E-state index in [2.05, 4.69) is 17.2 Å². The van der Waals surface area contributed by atoms with Crippen molar-refractivity contribution in [1.82, 2.24) is 5.32 Å². The van der Waals surface area contributed by atoms with Gasteiger partial charge in [0.2, 0.25) is 0 Å². The summed E-state index contributed by atoms with van der Waals surface area (Å²) in [5.41, 5.74) is 1.57. The second-order valence-electron chi connectivity index (χ2n) is 3.06. The van der Waals surface area contributed by atoms with Gasteiger partial charge in [0.15, 0.2) is 0 Å². The molecule has 0 saturated carbocycles. The first-order valence-electron chi connectivity index (χ1n) is 4.56. The summed E-state index contributed by atoms with van der Waals surface area (Å²) in [6, 6.07) is 5.17. The average molecular weight is 225 g/mol. The van der Waals surface area contributed by atoms with Gasteiger partial charge in [0, 0.05) is 6.54 Å². The molecule has 1 aromatic carbocycles. The summed E-state index contributed by atoms with van der Waals surface area (Å²) < 4.78 is 0. The van der Waals surface area contributed by atoms with E-state index >= 15 is 0 Å². The summed E-state index contributed by atoms with van der Waals surface area (Å²) in [7, 11) is 0. The van der Waals surface area contributed by atoms with Gasteiger partial charge >= 0.3 is 6.03 Å². The van der Waals surface area contributed by atoms with Gasteiger partial charge in [-0.1, -0.05) is 29.8 Å². The van der Waals surface area contributed by atoms with E-state index in [0.717, 1.165) is 5.56 Å². The number of amides is 2. The fourth-order valence-corrected chi connectivity index (χ4v) is 1.38. The zero-order valence-electron chi connectivity index (χ0n) is 8.51. The van der Waals surface area contributed by atoms with Crippen molar-refractivity contribution in [2.75, 3.05) is 11.9 Å². The van der Waals surface area contributed by atoms with Crippen LogP contribution in [0.4, 0.5) is 10.5 Å². The Bertz CT molecular complexity index is 357.